The molecule has 0 saturated heterocycles. The van der Waals surface area contributed by atoms with E-state index in [-0.39, 0.29) is 5.78 Å². The van der Waals surface area contributed by atoms with Crippen LogP contribution in [0.4, 0.5) is 0 Å². The van der Waals surface area contributed by atoms with Gasteiger partial charge >= 0.3 is 0 Å². The molecule has 0 aromatic heterocycles. The summed E-state index contributed by atoms with van der Waals surface area (Å²) in [7, 11) is -3.51. The van der Waals surface area contributed by atoms with Crippen LogP contribution in [0.5, 0.6) is 0 Å². The molecule has 0 N–H and O–H groups in total. The highest BCUT2D eigenvalue weighted by Gasteiger charge is 2.17. The SMILES string of the molecule is Cc1ccc(C(=O)c2ccc(CCc3ccc(S(=O)(=O)c4ccc(C)cc4)cc3)cc2)cc1. The first-order valence-corrected chi connectivity index (χ1v) is 12.4. The molecule has 0 saturated carbocycles. The highest BCUT2D eigenvalue weighted by molar-refractivity contribution is 7.91. The van der Waals surface area contributed by atoms with Gasteiger partial charge in [-0.25, -0.2) is 8.42 Å². The van der Waals surface area contributed by atoms with Crippen molar-refractivity contribution in [3.8, 4) is 0 Å². The molecule has 0 aliphatic heterocycles. The van der Waals surface area contributed by atoms with E-state index in [1.807, 2.05) is 74.5 Å². The van der Waals surface area contributed by atoms with E-state index in [2.05, 4.69) is 0 Å². The highest BCUT2D eigenvalue weighted by atomic mass is 32.2. The lowest BCUT2D eigenvalue weighted by molar-refractivity contribution is 0.103. The van der Waals surface area contributed by atoms with Crippen LogP contribution in [0.2, 0.25) is 0 Å². The van der Waals surface area contributed by atoms with E-state index in [9.17, 15) is 13.2 Å². The van der Waals surface area contributed by atoms with Crippen LogP contribution in [0.15, 0.2) is 107 Å². The fraction of sp³-hybridized carbons (Fsp3) is 0.138. The summed E-state index contributed by atoms with van der Waals surface area (Å²) in [6, 6.07) is 29.3. The molecular weight excluding hydrogens is 428 g/mol. The molecular formula is C29H26O3S. The second-order valence-electron chi connectivity index (χ2n) is 8.35. The maximum absolute atomic E-state index is 12.8. The van der Waals surface area contributed by atoms with Crippen molar-refractivity contribution < 1.29 is 13.2 Å². The largest absolute Gasteiger partial charge is 0.289 e. The molecule has 4 aromatic rings. The Morgan fingerprint density at radius 1 is 0.545 bits per heavy atom. The highest BCUT2D eigenvalue weighted by Crippen LogP contribution is 2.22. The summed E-state index contributed by atoms with van der Waals surface area (Å²) >= 11 is 0. The van der Waals surface area contributed by atoms with E-state index in [1.54, 1.807) is 36.4 Å². The summed E-state index contributed by atoms with van der Waals surface area (Å²) in [5.74, 6) is 0.0203. The number of rotatable bonds is 7. The van der Waals surface area contributed by atoms with Crippen LogP contribution >= 0.6 is 0 Å². The minimum absolute atomic E-state index is 0.0203. The molecule has 0 amide bonds. The molecule has 0 radical (unpaired) electrons. The van der Waals surface area contributed by atoms with E-state index in [0.29, 0.717) is 20.9 Å². The van der Waals surface area contributed by atoms with Crippen molar-refractivity contribution in [1.82, 2.24) is 0 Å². The number of benzene rings is 4. The molecule has 0 unspecified atom stereocenters. The molecule has 33 heavy (non-hydrogen) atoms. The first-order chi connectivity index (χ1) is 15.8. The summed E-state index contributed by atoms with van der Waals surface area (Å²) < 4.78 is 25.6. The van der Waals surface area contributed by atoms with E-state index in [1.165, 1.54) is 0 Å². The molecule has 0 fully saturated rings. The number of ketones is 1. The van der Waals surface area contributed by atoms with Crippen LogP contribution in [0.25, 0.3) is 0 Å². The Hall–Kier alpha value is -3.50. The Kier molecular flexibility index (Phi) is 6.57. The number of hydrogen-bond donors (Lipinski definition) is 0. The predicted octanol–water partition coefficient (Wildman–Crippen LogP) is 6.15. The Morgan fingerprint density at radius 3 is 1.33 bits per heavy atom. The second-order valence-corrected chi connectivity index (χ2v) is 10.3. The van der Waals surface area contributed by atoms with E-state index < -0.39 is 9.84 Å². The molecule has 0 heterocycles. The average molecular weight is 455 g/mol. The number of carbonyl (C=O) groups excluding carboxylic acids is 1. The zero-order valence-electron chi connectivity index (χ0n) is 18.8. The van der Waals surface area contributed by atoms with Crippen molar-refractivity contribution in [3.05, 3.63) is 130 Å². The van der Waals surface area contributed by atoms with Crippen molar-refractivity contribution in [2.24, 2.45) is 0 Å². The smallest absolute Gasteiger partial charge is 0.206 e. The van der Waals surface area contributed by atoms with Gasteiger partial charge in [0.2, 0.25) is 9.84 Å². The molecule has 0 bridgehead atoms. The van der Waals surface area contributed by atoms with Gasteiger partial charge in [-0.2, -0.15) is 0 Å². The first kappa shape index (κ1) is 22.7. The van der Waals surface area contributed by atoms with Crippen molar-refractivity contribution in [2.45, 2.75) is 36.5 Å². The molecule has 4 rings (SSSR count). The van der Waals surface area contributed by atoms with Gasteiger partial charge in [-0.15, -0.1) is 0 Å². The van der Waals surface area contributed by atoms with Gasteiger partial charge in [0, 0.05) is 11.1 Å². The van der Waals surface area contributed by atoms with Gasteiger partial charge in [0.1, 0.15) is 0 Å². The maximum atomic E-state index is 12.8. The van der Waals surface area contributed by atoms with Gasteiger partial charge in [-0.1, -0.05) is 83.9 Å². The van der Waals surface area contributed by atoms with Crippen LogP contribution in [0.1, 0.15) is 38.2 Å². The number of carbonyl (C=O) groups is 1. The Morgan fingerprint density at radius 2 is 0.879 bits per heavy atom. The Balaban J connectivity index is 1.39. The number of sulfone groups is 1. The average Bonchev–Trinajstić information content (AvgIpc) is 2.84. The molecule has 0 spiro atoms. The standard InChI is InChI=1S/C29H26O3S/c1-21-3-13-25(14-4-21)29(30)26-15-9-23(10-16-26)7-8-24-11-19-28(20-12-24)33(31,32)27-17-5-22(2)6-18-27/h3-6,9-20H,7-8H2,1-2H3. The Bertz CT molecular complexity index is 1350. The number of aryl methyl sites for hydroxylation is 4. The van der Waals surface area contributed by atoms with E-state index in [4.69, 9.17) is 0 Å². The van der Waals surface area contributed by atoms with Crippen molar-refractivity contribution in [2.75, 3.05) is 0 Å². The third kappa shape index (κ3) is 5.29. The molecule has 3 nitrogen and oxygen atoms in total. The van der Waals surface area contributed by atoms with Crippen molar-refractivity contribution >= 4 is 15.6 Å². The van der Waals surface area contributed by atoms with E-state index in [0.717, 1.165) is 35.1 Å². The summed E-state index contributed by atoms with van der Waals surface area (Å²) in [6.07, 6.45) is 1.60. The zero-order chi connectivity index (χ0) is 23.4. The van der Waals surface area contributed by atoms with E-state index >= 15 is 0 Å². The Labute approximate surface area is 195 Å². The van der Waals surface area contributed by atoms with Crippen LogP contribution in [0.3, 0.4) is 0 Å². The third-order valence-corrected chi connectivity index (χ3v) is 7.58. The topological polar surface area (TPSA) is 51.2 Å². The quantitative estimate of drug-likeness (QED) is 0.315. The third-order valence-electron chi connectivity index (χ3n) is 5.80. The summed E-state index contributed by atoms with van der Waals surface area (Å²) in [4.78, 5) is 13.2. The maximum Gasteiger partial charge on any atom is 0.206 e. The lowest BCUT2D eigenvalue weighted by Gasteiger charge is -2.08. The van der Waals surface area contributed by atoms with Gasteiger partial charge in [0.25, 0.3) is 0 Å². The van der Waals surface area contributed by atoms with Gasteiger partial charge in [0.15, 0.2) is 5.78 Å². The molecule has 4 heteroatoms. The fourth-order valence-electron chi connectivity index (χ4n) is 3.67. The first-order valence-electron chi connectivity index (χ1n) is 10.9. The zero-order valence-corrected chi connectivity index (χ0v) is 19.6. The molecule has 0 atom stereocenters. The summed E-state index contributed by atoms with van der Waals surface area (Å²) in [5, 5.41) is 0. The number of hydrogen-bond acceptors (Lipinski definition) is 3. The van der Waals surface area contributed by atoms with Gasteiger partial charge in [0.05, 0.1) is 9.79 Å². The second kappa shape index (κ2) is 9.55. The molecule has 0 aliphatic carbocycles. The van der Waals surface area contributed by atoms with Gasteiger partial charge in [-0.05, 0) is 62.1 Å². The van der Waals surface area contributed by atoms with Crippen LogP contribution < -0.4 is 0 Å². The van der Waals surface area contributed by atoms with Crippen LogP contribution in [-0.2, 0) is 22.7 Å². The molecule has 166 valence electrons. The van der Waals surface area contributed by atoms with Crippen molar-refractivity contribution in [1.29, 1.82) is 0 Å². The lowest BCUT2D eigenvalue weighted by Crippen LogP contribution is -2.03. The summed E-state index contributed by atoms with van der Waals surface area (Å²) in [6.45, 7) is 3.93. The van der Waals surface area contributed by atoms with Gasteiger partial charge in [-0.3, -0.25) is 4.79 Å². The van der Waals surface area contributed by atoms with Crippen LogP contribution in [-0.4, -0.2) is 14.2 Å². The predicted molar refractivity (Wildman–Crippen MR) is 132 cm³/mol. The minimum Gasteiger partial charge on any atom is -0.289 e. The lowest BCUT2D eigenvalue weighted by atomic mass is 9.99. The fourth-order valence-corrected chi connectivity index (χ4v) is 4.93. The minimum atomic E-state index is -3.51. The van der Waals surface area contributed by atoms with Crippen LogP contribution in [0, 0.1) is 13.8 Å². The van der Waals surface area contributed by atoms with Crippen molar-refractivity contribution in [3.63, 3.8) is 0 Å². The molecule has 0 aliphatic rings. The normalized spacial score (nSPS) is 11.3. The molecule has 4 aromatic carbocycles. The summed E-state index contributed by atoms with van der Waals surface area (Å²) in [5.41, 5.74) is 5.71. The monoisotopic (exact) mass is 454 g/mol. The van der Waals surface area contributed by atoms with Gasteiger partial charge < -0.3 is 0 Å².